The van der Waals surface area contributed by atoms with Crippen molar-refractivity contribution >= 4 is 0 Å². The maximum atomic E-state index is 12.7. The van der Waals surface area contributed by atoms with Gasteiger partial charge in [-0.25, -0.2) is 9.36 Å². The molecule has 0 spiro atoms. The van der Waals surface area contributed by atoms with Crippen LogP contribution in [0.1, 0.15) is 24.3 Å². The first kappa shape index (κ1) is 20.2. The van der Waals surface area contributed by atoms with E-state index in [2.05, 4.69) is 22.3 Å². The molecule has 1 fully saturated rings. The second-order valence-corrected chi connectivity index (χ2v) is 7.75. The Bertz CT molecular complexity index is 1270. The molecule has 1 saturated heterocycles. The van der Waals surface area contributed by atoms with Gasteiger partial charge in [-0.2, -0.15) is 10.2 Å². The van der Waals surface area contributed by atoms with E-state index in [1.54, 1.807) is 34.9 Å². The Balaban J connectivity index is 1.55. The largest absolute Gasteiger partial charge is 0.494 e. The minimum absolute atomic E-state index is 0.170. The fourth-order valence-electron chi connectivity index (χ4n) is 4.15. The van der Waals surface area contributed by atoms with Crippen LogP contribution in [0.25, 0.3) is 22.8 Å². The van der Waals surface area contributed by atoms with E-state index in [0.29, 0.717) is 23.1 Å². The van der Waals surface area contributed by atoms with Crippen molar-refractivity contribution in [1.82, 2.24) is 19.6 Å². The molecule has 32 heavy (non-hydrogen) atoms. The van der Waals surface area contributed by atoms with Gasteiger partial charge in [0.1, 0.15) is 11.4 Å². The topological polar surface area (TPSA) is 71.2 Å². The highest BCUT2D eigenvalue weighted by Crippen LogP contribution is 2.32. The Labute approximate surface area is 185 Å². The molecule has 0 radical (unpaired) electrons. The van der Waals surface area contributed by atoms with Gasteiger partial charge in [0.15, 0.2) is 5.69 Å². The zero-order chi connectivity index (χ0) is 21.9. The molecule has 0 bridgehead atoms. The van der Waals surface area contributed by atoms with Gasteiger partial charge in [-0.3, -0.25) is 4.79 Å². The molecule has 7 nitrogen and oxygen atoms in total. The molecule has 5 rings (SSSR count). The van der Waals surface area contributed by atoms with Crippen molar-refractivity contribution in [2.24, 2.45) is 0 Å². The second kappa shape index (κ2) is 8.80. The number of ether oxygens (including phenoxy) is 2. The molecule has 0 amide bonds. The Morgan fingerprint density at radius 3 is 2.62 bits per heavy atom. The lowest BCUT2D eigenvalue weighted by atomic mass is 9.91. The van der Waals surface area contributed by atoms with Crippen LogP contribution < -0.4 is 10.2 Å². The van der Waals surface area contributed by atoms with Crippen LogP contribution in [0.2, 0.25) is 0 Å². The van der Waals surface area contributed by atoms with E-state index in [1.807, 2.05) is 36.4 Å². The number of rotatable bonds is 5. The zero-order valence-electron chi connectivity index (χ0n) is 17.8. The molecule has 0 unspecified atom stereocenters. The Morgan fingerprint density at radius 1 is 1.03 bits per heavy atom. The molecular formula is C25H24N4O3. The number of benzene rings is 2. The number of nitrogens with zero attached hydrogens (tertiary/aromatic N) is 4. The fourth-order valence-corrected chi connectivity index (χ4v) is 4.15. The van der Waals surface area contributed by atoms with E-state index in [9.17, 15) is 4.79 Å². The monoisotopic (exact) mass is 428 g/mol. The molecule has 1 aliphatic rings. The van der Waals surface area contributed by atoms with E-state index in [-0.39, 0.29) is 5.43 Å². The van der Waals surface area contributed by atoms with Crippen LogP contribution >= 0.6 is 0 Å². The summed E-state index contributed by atoms with van der Waals surface area (Å²) in [5, 5.41) is 9.06. The summed E-state index contributed by atoms with van der Waals surface area (Å²) in [7, 11) is 1.65. The number of para-hydroxylation sites is 1. The van der Waals surface area contributed by atoms with Gasteiger partial charge in [0.05, 0.1) is 24.7 Å². The van der Waals surface area contributed by atoms with E-state index in [1.165, 1.54) is 11.6 Å². The minimum Gasteiger partial charge on any atom is -0.494 e. The third-order valence-corrected chi connectivity index (χ3v) is 5.84. The minimum atomic E-state index is -0.170. The Morgan fingerprint density at radius 2 is 1.84 bits per heavy atom. The van der Waals surface area contributed by atoms with Crippen LogP contribution in [0.15, 0.2) is 77.9 Å². The van der Waals surface area contributed by atoms with Crippen LogP contribution in [0.5, 0.6) is 5.75 Å². The van der Waals surface area contributed by atoms with Crippen molar-refractivity contribution in [2.45, 2.75) is 18.8 Å². The van der Waals surface area contributed by atoms with Gasteiger partial charge in [0.25, 0.3) is 0 Å². The molecule has 7 heteroatoms. The number of hydrogen-bond donors (Lipinski definition) is 0. The Kier molecular flexibility index (Phi) is 5.56. The van der Waals surface area contributed by atoms with E-state index in [0.717, 1.165) is 37.4 Å². The number of hydrogen-bond acceptors (Lipinski definition) is 5. The van der Waals surface area contributed by atoms with Gasteiger partial charge < -0.3 is 9.47 Å². The van der Waals surface area contributed by atoms with Crippen LogP contribution in [-0.4, -0.2) is 39.9 Å². The maximum absolute atomic E-state index is 12.7. The summed E-state index contributed by atoms with van der Waals surface area (Å²) < 4.78 is 14.6. The summed E-state index contributed by atoms with van der Waals surface area (Å²) in [6.45, 7) is 1.57. The van der Waals surface area contributed by atoms with Crippen molar-refractivity contribution in [3.05, 3.63) is 88.8 Å². The van der Waals surface area contributed by atoms with E-state index >= 15 is 0 Å². The summed E-state index contributed by atoms with van der Waals surface area (Å²) >= 11 is 0. The molecule has 3 heterocycles. The first-order valence-corrected chi connectivity index (χ1v) is 10.7. The highest BCUT2D eigenvalue weighted by molar-refractivity contribution is 5.58. The number of aromatic nitrogens is 4. The zero-order valence-corrected chi connectivity index (χ0v) is 17.8. The average Bonchev–Trinajstić information content (AvgIpc) is 3.35. The molecule has 0 atom stereocenters. The summed E-state index contributed by atoms with van der Waals surface area (Å²) in [5.41, 5.74) is 3.66. The standard InChI is InChI=1S/C25H24N4O3/c1-31-24-17-19(18-11-15-32-16-12-18)7-8-21(24)28-14-10-23(30)25(27-28)22-9-13-26-29(22)20-5-3-2-4-6-20/h2-10,13-14,17-18H,11-12,15-16H2,1H3. The van der Waals surface area contributed by atoms with E-state index < -0.39 is 0 Å². The van der Waals surface area contributed by atoms with Crippen LogP contribution in [0.4, 0.5) is 0 Å². The van der Waals surface area contributed by atoms with Crippen molar-refractivity contribution in [1.29, 1.82) is 0 Å². The summed E-state index contributed by atoms with van der Waals surface area (Å²) in [5.74, 6) is 1.18. The van der Waals surface area contributed by atoms with Crippen molar-refractivity contribution in [3.8, 4) is 28.5 Å². The van der Waals surface area contributed by atoms with E-state index in [4.69, 9.17) is 9.47 Å². The van der Waals surface area contributed by atoms with Crippen LogP contribution in [0, 0.1) is 0 Å². The number of methoxy groups -OCH3 is 1. The molecule has 2 aromatic heterocycles. The van der Waals surface area contributed by atoms with Gasteiger partial charge in [0, 0.05) is 25.5 Å². The van der Waals surface area contributed by atoms with Gasteiger partial charge in [0.2, 0.25) is 5.43 Å². The maximum Gasteiger partial charge on any atom is 0.209 e. The average molecular weight is 428 g/mol. The first-order valence-electron chi connectivity index (χ1n) is 10.7. The highest BCUT2D eigenvalue weighted by Gasteiger charge is 2.19. The quantitative estimate of drug-likeness (QED) is 0.481. The first-order chi connectivity index (χ1) is 15.7. The molecule has 0 saturated carbocycles. The van der Waals surface area contributed by atoms with Gasteiger partial charge >= 0.3 is 0 Å². The molecule has 0 aliphatic carbocycles. The summed E-state index contributed by atoms with van der Waals surface area (Å²) in [4.78, 5) is 12.7. The lowest BCUT2D eigenvalue weighted by Gasteiger charge is -2.23. The second-order valence-electron chi connectivity index (χ2n) is 7.75. The lowest BCUT2D eigenvalue weighted by molar-refractivity contribution is 0.0853. The summed E-state index contributed by atoms with van der Waals surface area (Å²) in [6, 6.07) is 19.2. The predicted octanol–water partition coefficient (Wildman–Crippen LogP) is 3.99. The third kappa shape index (κ3) is 3.83. The Hall–Kier alpha value is -3.71. The SMILES string of the molecule is COc1cc(C2CCOCC2)ccc1-n1ccc(=O)c(-c2ccnn2-c2ccccc2)n1. The molecule has 1 aliphatic heterocycles. The predicted molar refractivity (Wildman–Crippen MR) is 122 cm³/mol. The van der Waals surface area contributed by atoms with Crippen LogP contribution in [-0.2, 0) is 4.74 Å². The highest BCUT2D eigenvalue weighted by atomic mass is 16.5. The fraction of sp³-hybridized carbons (Fsp3) is 0.240. The summed E-state index contributed by atoms with van der Waals surface area (Å²) in [6.07, 6.45) is 5.35. The van der Waals surface area contributed by atoms with Crippen molar-refractivity contribution in [3.63, 3.8) is 0 Å². The van der Waals surface area contributed by atoms with Gasteiger partial charge in [-0.1, -0.05) is 24.3 Å². The molecule has 2 aromatic carbocycles. The molecule has 162 valence electrons. The normalized spacial score (nSPS) is 14.4. The third-order valence-electron chi connectivity index (χ3n) is 5.84. The van der Waals surface area contributed by atoms with Crippen molar-refractivity contribution in [2.75, 3.05) is 20.3 Å². The van der Waals surface area contributed by atoms with Gasteiger partial charge in [-0.15, -0.1) is 0 Å². The molecule has 4 aromatic rings. The lowest BCUT2D eigenvalue weighted by Crippen LogP contribution is -2.16. The molecular weight excluding hydrogens is 404 g/mol. The van der Waals surface area contributed by atoms with Crippen LogP contribution in [0.3, 0.4) is 0 Å². The van der Waals surface area contributed by atoms with Gasteiger partial charge in [-0.05, 0) is 54.7 Å². The molecule has 0 N–H and O–H groups in total. The van der Waals surface area contributed by atoms with Crippen molar-refractivity contribution < 1.29 is 9.47 Å². The smallest absolute Gasteiger partial charge is 0.209 e.